The number of hydrogen-bond donors (Lipinski definition) is 0. The summed E-state index contributed by atoms with van der Waals surface area (Å²) in [6.45, 7) is 1.52. The van der Waals surface area contributed by atoms with Crippen molar-refractivity contribution >= 4 is 11.6 Å². The van der Waals surface area contributed by atoms with Gasteiger partial charge in [-0.15, -0.1) is 0 Å². The summed E-state index contributed by atoms with van der Waals surface area (Å²) in [5.74, 6) is 0.664. The van der Waals surface area contributed by atoms with E-state index in [2.05, 4.69) is 0 Å². The molecule has 0 fully saturated rings. The maximum absolute atomic E-state index is 11.8. The van der Waals surface area contributed by atoms with Crippen LogP contribution < -0.4 is 4.74 Å². The smallest absolute Gasteiger partial charge is 0.145 e. The summed E-state index contributed by atoms with van der Waals surface area (Å²) in [5.41, 5.74) is 1.98. The Labute approximate surface area is 94.4 Å². The van der Waals surface area contributed by atoms with Crippen LogP contribution in [0.3, 0.4) is 0 Å². The van der Waals surface area contributed by atoms with Gasteiger partial charge < -0.3 is 4.74 Å². The Balaban J connectivity index is 2.37. The summed E-state index contributed by atoms with van der Waals surface area (Å²) in [4.78, 5) is 22.9. The van der Waals surface area contributed by atoms with Crippen molar-refractivity contribution in [2.45, 2.75) is 25.7 Å². The van der Waals surface area contributed by atoms with Gasteiger partial charge in [-0.25, -0.2) is 0 Å². The zero-order valence-corrected chi connectivity index (χ0v) is 9.45. The molecule has 1 aliphatic rings. The fourth-order valence-corrected chi connectivity index (χ4v) is 2.18. The van der Waals surface area contributed by atoms with E-state index in [1.54, 1.807) is 7.11 Å². The van der Waals surface area contributed by atoms with Crippen molar-refractivity contribution in [2.75, 3.05) is 7.11 Å². The molecule has 0 saturated carbocycles. The normalized spacial score (nSPS) is 18.4. The molecule has 84 valence electrons. The van der Waals surface area contributed by atoms with Gasteiger partial charge in [0, 0.05) is 12.8 Å². The zero-order chi connectivity index (χ0) is 11.7. The molecule has 3 nitrogen and oxygen atoms in total. The Kier molecular flexibility index (Phi) is 2.77. The molecule has 0 aromatic heterocycles. The molecule has 0 radical (unpaired) electrons. The van der Waals surface area contributed by atoms with E-state index in [0.29, 0.717) is 12.8 Å². The molecule has 1 atom stereocenters. The SMILES string of the molecule is COc1ccc2c(c1)C(CC(C)=O)C(=O)C2. The third-order valence-corrected chi connectivity index (χ3v) is 2.97. The third-order valence-electron chi connectivity index (χ3n) is 2.97. The van der Waals surface area contributed by atoms with Crippen LogP contribution in [-0.2, 0) is 16.0 Å². The maximum atomic E-state index is 11.8. The van der Waals surface area contributed by atoms with Crippen LogP contribution in [0.15, 0.2) is 18.2 Å². The van der Waals surface area contributed by atoms with E-state index in [9.17, 15) is 9.59 Å². The lowest BCUT2D eigenvalue weighted by atomic mass is 9.95. The quantitative estimate of drug-likeness (QED) is 0.778. The summed E-state index contributed by atoms with van der Waals surface area (Å²) in [6.07, 6.45) is 0.746. The molecular formula is C13H14O3. The third kappa shape index (κ3) is 1.85. The topological polar surface area (TPSA) is 43.4 Å². The van der Waals surface area contributed by atoms with Crippen molar-refractivity contribution in [3.8, 4) is 5.75 Å². The van der Waals surface area contributed by atoms with Gasteiger partial charge in [-0.05, 0) is 30.2 Å². The summed E-state index contributed by atoms with van der Waals surface area (Å²) in [7, 11) is 1.60. The van der Waals surface area contributed by atoms with Gasteiger partial charge in [-0.2, -0.15) is 0 Å². The molecule has 0 heterocycles. The number of ether oxygens (including phenoxy) is 1. The Morgan fingerprint density at radius 1 is 1.50 bits per heavy atom. The van der Waals surface area contributed by atoms with Crippen molar-refractivity contribution in [3.05, 3.63) is 29.3 Å². The highest BCUT2D eigenvalue weighted by Crippen LogP contribution is 2.35. The number of carbonyl (C=O) groups excluding carboxylic acids is 2. The minimum absolute atomic E-state index is 0.0500. The largest absolute Gasteiger partial charge is 0.497 e. The molecule has 0 bridgehead atoms. The molecule has 2 rings (SSSR count). The first-order valence-electron chi connectivity index (χ1n) is 5.30. The fraction of sp³-hybridized carbons (Fsp3) is 0.385. The van der Waals surface area contributed by atoms with Gasteiger partial charge in [-0.3, -0.25) is 9.59 Å². The number of rotatable bonds is 3. The molecule has 0 aliphatic heterocycles. The molecule has 1 aromatic carbocycles. The molecule has 16 heavy (non-hydrogen) atoms. The highest BCUT2D eigenvalue weighted by atomic mass is 16.5. The summed E-state index contributed by atoms with van der Waals surface area (Å²) >= 11 is 0. The molecule has 0 saturated heterocycles. The Morgan fingerprint density at radius 2 is 2.25 bits per heavy atom. The standard InChI is InChI=1S/C13H14O3/c1-8(14)5-12-11-7-10(16-2)4-3-9(11)6-13(12)15/h3-4,7,12H,5-6H2,1-2H3. The van der Waals surface area contributed by atoms with Gasteiger partial charge >= 0.3 is 0 Å². The van der Waals surface area contributed by atoms with Crippen molar-refractivity contribution in [3.63, 3.8) is 0 Å². The van der Waals surface area contributed by atoms with E-state index in [0.717, 1.165) is 16.9 Å². The number of Topliss-reactive ketones (excluding diaryl/α,β-unsaturated/α-hetero) is 2. The van der Waals surface area contributed by atoms with E-state index >= 15 is 0 Å². The highest BCUT2D eigenvalue weighted by molar-refractivity contribution is 5.96. The molecule has 0 amide bonds. The first-order valence-corrected chi connectivity index (χ1v) is 5.30. The lowest BCUT2D eigenvalue weighted by molar-refractivity contribution is -0.123. The van der Waals surface area contributed by atoms with Crippen molar-refractivity contribution in [1.29, 1.82) is 0 Å². The second-order valence-electron chi connectivity index (χ2n) is 4.17. The lowest BCUT2D eigenvalue weighted by Crippen LogP contribution is -2.10. The highest BCUT2D eigenvalue weighted by Gasteiger charge is 2.31. The number of benzene rings is 1. The van der Waals surface area contributed by atoms with Gasteiger partial charge in [0.05, 0.1) is 13.0 Å². The lowest BCUT2D eigenvalue weighted by Gasteiger charge is -2.09. The van der Waals surface area contributed by atoms with Crippen molar-refractivity contribution in [1.82, 2.24) is 0 Å². The zero-order valence-electron chi connectivity index (χ0n) is 9.45. The molecule has 1 unspecified atom stereocenters. The molecule has 3 heteroatoms. The number of ketones is 2. The van der Waals surface area contributed by atoms with E-state index < -0.39 is 0 Å². The minimum atomic E-state index is -0.261. The Bertz CT molecular complexity index is 448. The van der Waals surface area contributed by atoms with Gasteiger partial charge in [-0.1, -0.05) is 6.07 Å². The van der Waals surface area contributed by atoms with Crippen LogP contribution in [0.1, 0.15) is 30.4 Å². The van der Waals surface area contributed by atoms with Crippen molar-refractivity contribution < 1.29 is 14.3 Å². The second-order valence-corrected chi connectivity index (χ2v) is 4.17. The van der Waals surface area contributed by atoms with Gasteiger partial charge in [0.2, 0.25) is 0 Å². The minimum Gasteiger partial charge on any atom is -0.497 e. The Hall–Kier alpha value is -1.64. The Morgan fingerprint density at radius 3 is 2.88 bits per heavy atom. The number of hydrogen-bond acceptors (Lipinski definition) is 3. The first-order chi connectivity index (χ1) is 7.61. The predicted octanol–water partition coefficient (Wildman–Crippen LogP) is 1.88. The number of methoxy groups -OCH3 is 1. The van der Waals surface area contributed by atoms with E-state index in [1.807, 2.05) is 18.2 Å². The van der Waals surface area contributed by atoms with Crippen LogP contribution >= 0.6 is 0 Å². The monoisotopic (exact) mass is 218 g/mol. The van der Waals surface area contributed by atoms with Gasteiger partial charge in [0.25, 0.3) is 0 Å². The predicted molar refractivity (Wildman–Crippen MR) is 59.7 cm³/mol. The average Bonchev–Trinajstić information content (AvgIpc) is 2.54. The van der Waals surface area contributed by atoms with Crippen LogP contribution in [0.2, 0.25) is 0 Å². The van der Waals surface area contributed by atoms with Crippen LogP contribution in [0.5, 0.6) is 5.75 Å². The molecule has 0 N–H and O–H groups in total. The average molecular weight is 218 g/mol. The van der Waals surface area contributed by atoms with Crippen LogP contribution in [-0.4, -0.2) is 18.7 Å². The number of fused-ring (bicyclic) bond motifs is 1. The molecule has 0 spiro atoms. The second kappa shape index (κ2) is 4.08. The van der Waals surface area contributed by atoms with Crippen LogP contribution in [0.4, 0.5) is 0 Å². The van der Waals surface area contributed by atoms with Gasteiger partial charge in [0.15, 0.2) is 0 Å². The van der Waals surface area contributed by atoms with E-state index in [1.165, 1.54) is 6.92 Å². The van der Waals surface area contributed by atoms with Crippen LogP contribution in [0, 0.1) is 0 Å². The summed E-state index contributed by atoms with van der Waals surface area (Å²) in [6, 6.07) is 5.63. The van der Waals surface area contributed by atoms with Gasteiger partial charge in [0.1, 0.15) is 17.3 Å². The summed E-state index contributed by atoms with van der Waals surface area (Å²) in [5, 5.41) is 0. The van der Waals surface area contributed by atoms with E-state index in [-0.39, 0.29) is 17.5 Å². The van der Waals surface area contributed by atoms with Crippen LogP contribution in [0.25, 0.3) is 0 Å². The maximum Gasteiger partial charge on any atom is 0.145 e. The molecule has 1 aromatic rings. The fourth-order valence-electron chi connectivity index (χ4n) is 2.18. The van der Waals surface area contributed by atoms with Crippen molar-refractivity contribution in [2.24, 2.45) is 0 Å². The first kappa shape index (κ1) is 10.9. The molecular weight excluding hydrogens is 204 g/mol. The number of carbonyl (C=O) groups is 2. The summed E-state index contributed by atoms with van der Waals surface area (Å²) < 4.78 is 5.13. The van der Waals surface area contributed by atoms with E-state index in [4.69, 9.17) is 4.74 Å². The molecule has 1 aliphatic carbocycles.